The van der Waals surface area contributed by atoms with Crippen molar-refractivity contribution >= 4 is 28.1 Å². The number of carbonyl (C=O) groups is 1. The standard InChI is InChI=1S/C30H30N4O/c1-32-16-18-33(19-17-32)25-8-6-23-12-15-34(29(23)21-25)30(35)20-24-7-9-27(22-10-13-31-14-11-22)28-5-3-2-4-26(24)28/h2-11,13-14,21H,12,15-20H2,1H3. The van der Waals surface area contributed by atoms with Crippen molar-refractivity contribution in [3.05, 3.63) is 90.3 Å². The summed E-state index contributed by atoms with van der Waals surface area (Å²) in [6, 6.07) is 23.4. The maximum atomic E-state index is 13.6. The van der Waals surface area contributed by atoms with Crippen LogP contribution in [-0.2, 0) is 17.6 Å². The van der Waals surface area contributed by atoms with Gasteiger partial charge in [-0.2, -0.15) is 0 Å². The zero-order chi connectivity index (χ0) is 23.8. The molecular formula is C30H30N4O. The highest BCUT2D eigenvalue weighted by Gasteiger charge is 2.26. The van der Waals surface area contributed by atoms with Crippen molar-refractivity contribution in [1.82, 2.24) is 9.88 Å². The van der Waals surface area contributed by atoms with Gasteiger partial charge in [0.2, 0.25) is 5.91 Å². The summed E-state index contributed by atoms with van der Waals surface area (Å²) in [5, 5.41) is 2.31. The van der Waals surface area contributed by atoms with Crippen molar-refractivity contribution in [2.24, 2.45) is 0 Å². The number of anilines is 2. The number of hydrogen-bond acceptors (Lipinski definition) is 4. The Kier molecular flexibility index (Phi) is 5.71. The Hall–Kier alpha value is -3.70. The summed E-state index contributed by atoms with van der Waals surface area (Å²) >= 11 is 0. The van der Waals surface area contributed by atoms with Crippen LogP contribution >= 0.6 is 0 Å². The number of pyridine rings is 1. The zero-order valence-corrected chi connectivity index (χ0v) is 20.2. The highest BCUT2D eigenvalue weighted by Crippen LogP contribution is 2.35. The molecule has 2 aliphatic heterocycles. The average molecular weight is 463 g/mol. The van der Waals surface area contributed by atoms with Crippen molar-refractivity contribution in [2.45, 2.75) is 12.8 Å². The lowest BCUT2D eigenvalue weighted by molar-refractivity contribution is -0.117. The summed E-state index contributed by atoms with van der Waals surface area (Å²) in [7, 11) is 2.17. The van der Waals surface area contributed by atoms with Gasteiger partial charge < -0.3 is 14.7 Å². The van der Waals surface area contributed by atoms with Gasteiger partial charge in [-0.05, 0) is 70.8 Å². The number of piperazine rings is 1. The first-order valence-corrected chi connectivity index (χ1v) is 12.5. The second-order valence-electron chi connectivity index (χ2n) is 9.63. The van der Waals surface area contributed by atoms with Crippen molar-refractivity contribution < 1.29 is 4.79 Å². The van der Waals surface area contributed by atoms with E-state index in [0.717, 1.165) is 61.3 Å². The quantitative estimate of drug-likeness (QED) is 0.437. The molecule has 1 amide bonds. The molecule has 0 N–H and O–H groups in total. The Balaban J connectivity index is 1.28. The number of rotatable bonds is 4. The predicted molar refractivity (Wildman–Crippen MR) is 143 cm³/mol. The number of aromatic nitrogens is 1. The van der Waals surface area contributed by atoms with E-state index in [-0.39, 0.29) is 5.91 Å². The lowest BCUT2D eigenvalue weighted by Crippen LogP contribution is -2.44. The maximum absolute atomic E-state index is 13.6. The first-order chi connectivity index (χ1) is 17.2. The van der Waals surface area contributed by atoms with E-state index in [4.69, 9.17) is 0 Å². The lowest BCUT2D eigenvalue weighted by Gasteiger charge is -2.34. The molecule has 0 radical (unpaired) electrons. The van der Waals surface area contributed by atoms with Gasteiger partial charge in [0.1, 0.15) is 0 Å². The molecule has 3 aromatic carbocycles. The molecule has 5 nitrogen and oxygen atoms in total. The number of nitrogens with zero attached hydrogens (tertiary/aromatic N) is 4. The van der Waals surface area contributed by atoms with E-state index in [0.29, 0.717) is 6.42 Å². The number of carbonyl (C=O) groups excluding carboxylic acids is 1. The largest absolute Gasteiger partial charge is 0.369 e. The van der Waals surface area contributed by atoms with E-state index >= 15 is 0 Å². The Bertz CT molecular complexity index is 1380. The normalized spacial score (nSPS) is 16.0. The number of hydrogen-bond donors (Lipinski definition) is 0. The number of amides is 1. The van der Waals surface area contributed by atoms with Crippen LogP contribution in [0, 0.1) is 0 Å². The van der Waals surface area contributed by atoms with E-state index in [2.05, 4.69) is 76.4 Å². The third-order valence-corrected chi connectivity index (χ3v) is 7.48. The Morgan fingerprint density at radius 1 is 0.857 bits per heavy atom. The fourth-order valence-electron chi connectivity index (χ4n) is 5.45. The van der Waals surface area contributed by atoms with Crippen LogP contribution in [0.4, 0.5) is 11.4 Å². The van der Waals surface area contributed by atoms with Gasteiger partial charge >= 0.3 is 0 Å². The lowest BCUT2D eigenvalue weighted by atomic mass is 9.94. The first kappa shape index (κ1) is 21.8. The van der Waals surface area contributed by atoms with Crippen LogP contribution in [0.15, 0.2) is 79.1 Å². The summed E-state index contributed by atoms with van der Waals surface area (Å²) in [6.07, 6.45) is 4.96. The van der Waals surface area contributed by atoms with Crippen molar-refractivity contribution in [3.8, 4) is 11.1 Å². The molecule has 1 saturated heterocycles. The van der Waals surface area contributed by atoms with Gasteiger partial charge in [0.05, 0.1) is 6.42 Å². The molecule has 4 aromatic rings. The fourth-order valence-corrected chi connectivity index (χ4v) is 5.45. The van der Waals surface area contributed by atoms with Crippen LogP contribution < -0.4 is 9.80 Å². The van der Waals surface area contributed by atoms with Gasteiger partial charge in [-0.3, -0.25) is 9.78 Å². The summed E-state index contributed by atoms with van der Waals surface area (Å²) in [6.45, 7) is 4.95. The SMILES string of the molecule is CN1CCN(c2ccc3c(c2)N(C(=O)Cc2ccc(-c4ccncc4)c4ccccc24)CC3)CC1. The first-order valence-electron chi connectivity index (χ1n) is 12.5. The molecule has 0 unspecified atom stereocenters. The molecular weight excluding hydrogens is 432 g/mol. The van der Waals surface area contributed by atoms with Crippen molar-refractivity contribution in [2.75, 3.05) is 49.6 Å². The summed E-state index contributed by atoms with van der Waals surface area (Å²) in [5.41, 5.74) is 6.97. The van der Waals surface area contributed by atoms with E-state index < -0.39 is 0 Å². The fraction of sp³-hybridized carbons (Fsp3) is 0.267. The number of benzene rings is 3. The predicted octanol–water partition coefficient (Wildman–Crippen LogP) is 4.79. The van der Waals surface area contributed by atoms with Crippen LogP contribution in [0.2, 0.25) is 0 Å². The topological polar surface area (TPSA) is 39.7 Å². The molecule has 5 heteroatoms. The van der Waals surface area contributed by atoms with Crippen LogP contribution in [0.3, 0.4) is 0 Å². The molecule has 1 fully saturated rings. The molecule has 6 rings (SSSR count). The van der Waals surface area contributed by atoms with Gasteiger partial charge in [0.15, 0.2) is 0 Å². The van der Waals surface area contributed by atoms with Gasteiger partial charge in [-0.1, -0.05) is 42.5 Å². The monoisotopic (exact) mass is 462 g/mol. The molecule has 0 spiro atoms. The van der Waals surface area contributed by atoms with Crippen LogP contribution in [-0.4, -0.2) is 55.6 Å². The minimum atomic E-state index is 0.168. The second kappa shape index (κ2) is 9.16. The van der Waals surface area contributed by atoms with Gasteiger partial charge in [0.25, 0.3) is 0 Å². The molecule has 3 heterocycles. The Morgan fingerprint density at radius 3 is 2.43 bits per heavy atom. The van der Waals surface area contributed by atoms with Crippen LogP contribution in [0.1, 0.15) is 11.1 Å². The third kappa shape index (κ3) is 4.17. The molecule has 35 heavy (non-hydrogen) atoms. The highest BCUT2D eigenvalue weighted by molar-refractivity contribution is 6.03. The van der Waals surface area contributed by atoms with Gasteiger partial charge in [0, 0.05) is 56.5 Å². The number of likely N-dealkylation sites (N-methyl/N-ethyl adjacent to an activating group) is 1. The highest BCUT2D eigenvalue weighted by atomic mass is 16.2. The van der Waals surface area contributed by atoms with Crippen LogP contribution in [0.25, 0.3) is 21.9 Å². The Labute approximate surface area is 206 Å². The molecule has 1 aromatic heterocycles. The van der Waals surface area contributed by atoms with Gasteiger partial charge in [-0.15, -0.1) is 0 Å². The van der Waals surface area contributed by atoms with Crippen LogP contribution in [0.5, 0.6) is 0 Å². The van der Waals surface area contributed by atoms with Gasteiger partial charge in [-0.25, -0.2) is 0 Å². The zero-order valence-electron chi connectivity index (χ0n) is 20.2. The summed E-state index contributed by atoms with van der Waals surface area (Å²) < 4.78 is 0. The van der Waals surface area contributed by atoms with E-state index in [1.165, 1.54) is 22.2 Å². The van der Waals surface area contributed by atoms with E-state index in [1.807, 2.05) is 29.4 Å². The summed E-state index contributed by atoms with van der Waals surface area (Å²) in [4.78, 5) is 24.6. The molecule has 0 saturated carbocycles. The smallest absolute Gasteiger partial charge is 0.231 e. The molecule has 2 aliphatic rings. The molecule has 176 valence electrons. The second-order valence-corrected chi connectivity index (χ2v) is 9.63. The molecule has 0 aliphatic carbocycles. The third-order valence-electron chi connectivity index (χ3n) is 7.48. The molecule has 0 bridgehead atoms. The molecule has 0 atom stereocenters. The minimum absolute atomic E-state index is 0.168. The van der Waals surface area contributed by atoms with Crippen molar-refractivity contribution in [3.63, 3.8) is 0 Å². The van der Waals surface area contributed by atoms with E-state index in [1.54, 1.807) is 0 Å². The summed E-state index contributed by atoms with van der Waals surface area (Å²) in [5.74, 6) is 0.168. The number of fused-ring (bicyclic) bond motifs is 2. The Morgan fingerprint density at radius 2 is 1.63 bits per heavy atom. The van der Waals surface area contributed by atoms with Crippen molar-refractivity contribution in [1.29, 1.82) is 0 Å². The maximum Gasteiger partial charge on any atom is 0.231 e. The minimum Gasteiger partial charge on any atom is -0.369 e. The average Bonchev–Trinajstić information content (AvgIpc) is 3.33. The van der Waals surface area contributed by atoms with E-state index in [9.17, 15) is 4.79 Å².